The van der Waals surface area contributed by atoms with Crippen molar-refractivity contribution in [3.05, 3.63) is 51.2 Å². The zero-order valence-corrected chi connectivity index (χ0v) is 14.9. The first-order chi connectivity index (χ1) is 12.4. The molecule has 0 saturated carbocycles. The van der Waals surface area contributed by atoms with Crippen molar-refractivity contribution in [2.45, 2.75) is 13.3 Å². The maximum Gasteiger partial charge on any atom is 0.324 e. The van der Waals surface area contributed by atoms with E-state index in [2.05, 4.69) is 15.6 Å². The summed E-state index contributed by atoms with van der Waals surface area (Å²) >= 11 is 1.27. The number of hydrogen-bond acceptors (Lipinski definition) is 5. The second kappa shape index (κ2) is 7.61. The quantitative estimate of drug-likeness (QED) is 0.747. The standard InChI is InChI=1S/C17H17FN4O3S/c1-10-15(16(24)19-6-7-22-14(23)9-20-17(22)25)26-13(21-10)8-11-2-4-12(18)5-3-11/h2-5H,6-9H2,1H3,(H,19,24)(H,20,25). The Morgan fingerprint density at radius 1 is 1.35 bits per heavy atom. The molecule has 4 amide bonds. The van der Waals surface area contributed by atoms with E-state index in [-0.39, 0.29) is 37.3 Å². The Morgan fingerprint density at radius 3 is 2.73 bits per heavy atom. The molecule has 1 saturated heterocycles. The van der Waals surface area contributed by atoms with Gasteiger partial charge >= 0.3 is 6.03 Å². The first kappa shape index (κ1) is 18.0. The van der Waals surface area contributed by atoms with Crippen molar-refractivity contribution in [2.24, 2.45) is 0 Å². The molecule has 136 valence electrons. The number of benzene rings is 1. The van der Waals surface area contributed by atoms with Crippen LogP contribution >= 0.6 is 11.3 Å². The van der Waals surface area contributed by atoms with Gasteiger partial charge in [-0.1, -0.05) is 12.1 Å². The van der Waals surface area contributed by atoms with Gasteiger partial charge in [0.2, 0.25) is 5.91 Å². The number of halogens is 1. The summed E-state index contributed by atoms with van der Waals surface area (Å²) in [6, 6.07) is 5.70. The molecule has 7 nitrogen and oxygen atoms in total. The number of thiazole rings is 1. The molecule has 1 aliphatic rings. The van der Waals surface area contributed by atoms with Crippen LogP contribution in [0.5, 0.6) is 0 Å². The van der Waals surface area contributed by atoms with Gasteiger partial charge in [-0.05, 0) is 24.6 Å². The van der Waals surface area contributed by atoms with E-state index < -0.39 is 6.03 Å². The summed E-state index contributed by atoms with van der Waals surface area (Å²) in [5, 5.41) is 5.88. The molecule has 9 heteroatoms. The van der Waals surface area contributed by atoms with Crippen molar-refractivity contribution in [1.29, 1.82) is 0 Å². The van der Waals surface area contributed by atoms with E-state index in [1.54, 1.807) is 19.1 Å². The number of aryl methyl sites for hydroxylation is 1. The minimum absolute atomic E-state index is 0.00647. The summed E-state index contributed by atoms with van der Waals surface area (Å²) in [5.41, 5.74) is 1.52. The van der Waals surface area contributed by atoms with Gasteiger partial charge in [0.15, 0.2) is 0 Å². The summed E-state index contributed by atoms with van der Waals surface area (Å²) in [6.45, 7) is 2.03. The summed E-state index contributed by atoms with van der Waals surface area (Å²) in [4.78, 5) is 41.2. The predicted octanol–water partition coefficient (Wildman–Crippen LogP) is 1.46. The van der Waals surface area contributed by atoms with Gasteiger partial charge in [-0.25, -0.2) is 14.2 Å². The van der Waals surface area contributed by atoms with E-state index in [9.17, 15) is 18.8 Å². The van der Waals surface area contributed by atoms with Gasteiger partial charge < -0.3 is 10.6 Å². The summed E-state index contributed by atoms with van der Waals surface area (Å²) < 4.78 is 13.0. The van der Waals surface area contributed by atoms with E-state index in [1.165, 1.54) is 23.5 Å². The molecule has 0 spiro atoms. The van der Waals surface area contributed by atoms with E-state index >= 15 is 0 Å². The van der Waals surface area contributed by atoms with Crippen LogP contribution in [-0.2, 0) is 11.2 Å². The Balaban J connectivity index is 1.57. The van der Waals surface area contributed by atoms with Crippen LogP contribution < -0.4 is 10.6 Å². The summed E-state index contributed by atoms with van der Waals surface area (Å²) in [5.74, 6) is -0.897. The highest BCUT2D eigenvalue weighted by atomic mass is 32.1. The molecular weight excluding hydrogens is 359 g/mol. The van der Waals surface area contributed by atoms with E-state index in [0.29, 0.717) is 17.0 Å². The molecule has 0 aliphatic carbocycles. The lowest BCUT2D eigenvalue weighted by Crippen LogP contribution is -2.38. The van der Waals surface area contributed by atoms with Crippen molar-refractivity contribution < 1.29 is 18.8 Å². The fraction of sp³-hybridized carbons (Fsp3) is 0.294. The lowest BCUT2D eigenvalue weighted by molar-refractivity contribution is -0.124. The minimum atomic E-state index is -0.445. The topological polar surface area (TPSA) is 91.4 Å². The molecule has 0 radical (unpaired) electrons. The third kappa shape index (κ3) is 4.05. The number of nitrogens with zero attached hydrogens (tertiary/aromatic N) is 2. The highest BCUT2D eigenvalue weighted by Crippen LogP contribution is 2.21. The average molecular weight is 376 g/mol. The van der Waals surface area contributed by atoms with Crippen LogP contribution in [0.1, 0.15) is 25.9 Å². The number of aromatic nitrogens is 1. The monoisotopic (exact) mass is 376 g/mol. The molecule has 0 bridgehead atoms. The largest absolute Gasteiger partial charge is 0.349 e. The molecule has 0 atom stereocenters. The normalized spacial score (nSPS) is 13.8. The number of nitrogens with one attached hydrogen (secondary N) is 2. The predicted molar refractivity (Wildman–Crippen MR) is 93.5 cm³/mol. The lowest BCUT2D eigenvalue weighted by atomic mass is 10.1. The highest BCUT2D eigenvalue weighted by molar-refractivity contribution is 7.13. The summed E-state index contributed by atoms with van der Waals surface area (Å²) in [7, 11) is 0. The maximum atomic E-state index is 13.0. The first-order valence-electron chi connectivity index (χ1n) is 8.01. The molecule has 2 aromatic rings. The molecular formula is C17H17FN4O3S. The fourth-order valence-corrected chi connectivity index (χ4v) is 3.57. The number of urea groups is 1. The molecule has 2 heterocycles. The van der Waals surface area contributed by atoms with Crippen LogP contribution in [0.2, 0.25) is 0 Å². The fourth-order valence-electron chi connectivity index (χ4n) is 2.56. The SMILES string of the molecule is Cc1nc(Cc2ccc(F)cc2)sc1C(=O)NCCN1C(=O)CNC1=O. The molecule has 1 aromatic carbocycles. The zero-order chi connectivity index (χ0) is 18.7. The van der Waals surface area contributed by atoms with Gasteiger partial charge in [0.05, 0.1) is 17.2 Å². The van der Waals surface area contributed by atoms with Gasteiger partial charge in [-0.2, -0.15) is 0 Å². The number of rotatable bonds is 6. The maximum absolute atomic E-state index is 13.0. The van der Waals surface area contributed by atoms with Gasteiger partial charge in [-0.15, -0.1) is 11.3 Å². The second-order valence-electron chi connectivity index (χ2n) is 5.79. The van der Waals surface area contributed by atoms with Gasteiger partial charge in [0, 0.05) is 19.5 Å². The smallest absolute Gasteiger partial charge is 0.324 e. The number of carbonyl (C=O) groups is 3. The zero-order valence-electron chi connectivity index (χ0n) is 14.0. The van der Waals surface area contributed by atoms with Crippen molar-refractivity contribution >= 4 is 29.2 Å². The third-order valence-electron chi connectivity index (χ3n) is 3.87. The van der Waals surface area contributed by atoms with E-state index in [0.717, 1.165) is 15.5 Å². The Bertz CT molecular complexity index is 834. The Labute approximate surface area is 153 Å². The van der Waals surface area contributed by atoms with Crippen LogP contribution in [0.15, 0.2) is 24.3 Å². The Kier molecular flexibility index (Phi) is 5.27. The Hall–Kier alpha value is -2.81. The van der Waals surface area contributed by atoms with E-state index in [4.69, 9.17) is 0 Å². The van der Waals surface area contributed by atoms with Crippen molar-refractivity contribution in [2.75, 3.05) is 19.6 Å². The van der Waals surface area contributed by atoms with Gasteiger partial charge in [0.25, 0.3) is 5.91 Å². The molecule has 0 unspecified atom stereocenters. The minimum Gasteiger partial charge on any atom is -0.349 e. The van der Waals surface area contributed by atoms with Crippen LogP contribution in [-0.4, -0.2) is 47.4 Å². The second-order valence-corrected chi connectivity index (χ2v) is 6.87. The number of carbonyl (C=O) groups excluding carboxylic acids is 3. The number of amides is 4. The van der Waals surface area contributed by atoms with Crippen molar-refractivity contribution in [3.63, 3.8) is 0 Å². The van der Waals surface area contributed by atoms with Gasteiger partial charge in [-0.3, -0.25) is 14.5 Å². The van der Waals surface area contributed by atoms with Crippen molar-refractivity contribution in [1.82, 2.24) is 20.5 Å². The molecule has 3 rings (SSSR count). The van der Waals surface area contributed by atoms with Crippen LogP contribution in [0.4, 0.5) is 9.18 Å². The lowest BCUT2D eigenvalue weighted by Gasteiger charge is -2.12. The molecule has 2 N–H and O–H groups in total. The average Bonchev–Trinajstić information content (AvgIpc) is 3.13. The van der Waals surface area contributed by atoms with Crippen LogP contribution in [0.25, 0.3) is 0 Å². The summed E-state index contributed by atoms with van der Waals surface area (Å²) in [6.07, 6.45) is 0.515. The molecule has 1 aliphatic heterocycles. The number of imide groups is 1. The molecule has 26 heavy (non-hydrogen) atoms. The van der Waals surface area contributed by atoms with E-state index in [1.807, 2.05) is 0 Å². The third-order valence-corrected chi connectivity index (χ3v) is 5.03. The Morgan fingerprint density at radius 2 is 2.08 bits per heavy atom. The van der Waals surface area contributed by atoms with Crippen molar-refractivity contribution in [3.8, 4) is 0 Å². The van der Waals surface area contributed by atoms with Gasteiger partial charge in [0.1, 0.15) is 10.7 Å². The van der Waals surface area contributed by atoms with Crippen LogP contribution in [0.3, 0.4) is 0 Å². The molecule has 1 fully saturated rings. The first-order valence-corrected chi connectivity index (χ1v) is 8.83. The van der Waals surface area contributed by atoms with Crippen LogP contribution in [0, 0.1) is 12.7 Å². The highest BCUT2D eigenvalue weighted by Gasteiger charge is 2.28. The molecule has 1 aromatic heterocycles. The number of hydrogen-bond donors (Lipinski definition) is 2.